The normalized spacial score (nSPS) is 26.3. The molecule has 1 amide bonds. The molecule has 0 heterocycles. The van der Waals surface area contributed by atoms with Crippen LogP contribution < -0.4 is 10.6 Å². The van der Waals surface area contributed by atoms with E-state index in [-0.39, 0.29) is 18.1 Å². The van der Waals surface area contributed by atoms with Crippen molar-refractivity contribution >= 4 is 5.91 Å². The van der Waals surface area contributed by atoms with E-state index in [1.807, 2.05) is 0 Å². The number of aliphatic hydroxyl groups is 1. The van der Waals surface area contributed by atoms with Crippen molar-refractivity contribution in [1.29, 1.82) is 0 Å². The molecular formula is C11H22N2O2. The van der Waals surface area contributed by atoms with Gasteiger partial charge < -0.3 is 15.7 Å². The number of nitrogens with one attached hydrogen (secondary N) is 2. The molecule has 0 saturated heterocycles. The summed E-state index contributed by atoms with van der Waals surface area (Å²) in [5.74, 6) is -0.00519. The predicted molar refractivity (Wildman–Crippen MR) is 59.6 cm³/mol. The van der Waals surface area contributed by atoms with Gasteiger partial charge in [0.1, 0.15) is 0 Å². The highest BCUT2D eigenvalue weighted by molar-refractivity contribution is 5.78. The van der Waals surface area contributed by atoms with Gasteiger partial charge >= 0.3 is 0 Å². The Bertz CT molecular complexity index is 197. The monoisotopic (exact) mass is 214 g/mol. The fourth-order valence-electron chi connectivity index (χ4n) is 1.92. The van der Waals surface area contributed by atoms with Gasteiger partial charge in [0.25, 0.3) is 0 Å². The minimum Gasteiger partial charge on any atom is -0.391 e. The van der Waals surface area contributed by atoms with Crippen LogP contribution in [0.3, 0.4) is 0 Å². The number of rotatable bonds is 5. The maximum absolute atomic E-state index is 11.4. The smallest absolute Gasteiger partial charge is 0.234 e. The van der Waals surface area contributed by atoms with E-state index in [1.165, 1.54) is 0 Å². The number of carbonyl (C=O) groups excluding carboxylic acids is 1. The van der Waals surface area contributed by atoms with Gasteiger partial charge in [0, 0.05) is 0 Å². The molecule has 0 spiro atoms. The maximum Gasteiger partial charge on any atom is 0.234 e. The van der Waals surface area contributed by atoms with Crippen molar-refractivity contribution in [2.24, 2.45) is 0 Å². The van der Waals surface area contributed by atoms with E-state index in [1.54, 1.807) is 0 Å². The standard InChI is InChI=1S/C11H22N2O2/c1-2-7-12-8-11(15)13-9-5-3-4-6-10(9)14/h9-10,12,14H,2-8H2,1H3,(H,13,15)/t9-,10-/m0/s1. The van der Waals surface area contributed by atoms with E-state index in [0.29, 0.717) is 6.54 Å². The van der Waals surface area contributed by atoms with Gasteiger partial charge in [-0.3, -0.25) is 4.79 Å². The molecular weight excluding hydrogens is 192 g/mol. The van der Waals surface area contributed by atoms with Gasteiger partial charge in [-0.1, -0.05) is 19.8 Å². The zero-order chi connectivity index (χ0) is 11.1. The number of aliphatic hydroxyl groups excluding tert-OH is 1. The molecule has 0 aromatic rings. The second kappa shape index (κ2) is 6.80. The molecule has 1 aliphatic carbocycles. The lowest BCUT2D eigenvalue weighted by molar-refractivity contribution is -0.122. The van der Waals surface area contributed by atoms with E-state index in [4.69, 9.17) is 0 Å². The summed E-state index contributed by atoms with van der Waals surface area (Å²) in [4.78, 5) is 11.4. The third-order valence-electron chi connectivity index (χ3n) is 2.79. The Balaban J connectivity index is 2.18. The lowest BCUT2D eigenvalue weighted by atomic mass is 9.92. The lowest BCUT2D eigenvalue weighted by Crippen LogP contribution is -2.47. The molecule has 2 atom stereocenters. The Hall–Kier alpha value is -0.610. The average Bonchev–Trinajstić information content (AvgIpc) is 2.22. The number of hydrogen-bond donors (Lipinski definition) is 3. The Morgan fingerprint density at radius 3 is 2.80 bits per heavy atom. The van der Waals surface area contributed by atoms with E-state index < -0.39 is 0 Å². The molecule has 0 aliphatic heterocycles. The second-order valence-electron chi connectivity index (χ2n) is 4.20. The highest BCUT2D eigenvalue weighted by atomic mass is 16.3. The molecule has 0 radical (unpaired) electrons. The molecule has 3 N–H and O–H groups in total. The van der Waals surface area contributed by atoms with Crippen LogP contribution in [0.2, 0.25) is 0 Å². The van der Waals surface area contributed by atoms with E-state index in [2.05, 4.69) is 17.6 Å². The summed E-state index contributed by atoms with van der Waals surface area (Å²) >= 11 is 0. The zero-order valence-electron chi connectivity index (χ0n) is 9.46. The second-order valence-corrected chi connectivity index (χ2v) is 4.20. The van der Waals surface area contributed by atoms with E-state index >= 15 is 0 Å². The Morgan fingerprint density at radius 1 is 1.40 bits per heavy atom. The largest absolute Gasteiger partial charge is 0.391 e. The van der Waals surface area contributed by atoms with E-state index in [9.17, 15) is 9.90 Å². The average molecular weight is 214 g/mol. The molecule has 1 saturated carbocycles. The zero-order valence-corrected chi connectivity index (χ0v) is 9.46. The number of amides is 1. The highest BCUT2D eigenvalue weighted by Gasteiger charge is 2.23. The van der Waals surface area contributed by atoms with Crippen molar-refractivity contribution in [3.8, 4) is 0 Å². The quantitative estimate of drug-likeness (QED) is 0.581. The van der Waals surface area contributed by atoms with Crippen LogP contribution in [-0.4, -0.2) is 36.2 Å². The SMILES string of the molecule is CCCNCC(=O)N[C@H]1CCCC[C@@H]1O. The third-order valence-corrected chi connectivity index (χ3v) is 2.79. The molecule has 0 aromatic carbocycles. The van der Waals surface area contributed by atoms with Gasteiger partial charge in [-0.2, -0.15) is 0 Å². The Morgan fingerprint density at radius 2 is 2.13 bits per heavy atom. The summed E-state index contributed by atoms with van der Waals surface area (Å²) in [6, 6.07) is -0.0327. The summed E-state index contributed by atoms with van der Waals surface area (Å²) in [6.45, 7) is 3.29. The van der Waals surface area contributed by atoms with Gasteiger partial charge in [0.05, 0.1) is 18.7 Å². The molecule has 88 valence electrons. The predicted octanol–water partition coefficient (Wildman–Crippen LogP) is 0.406. The van der Waals surface area contributed by atoms with Gasteiger partial charge in [-0.05, 0) is 25.8 Å². The highest BCUT2D eigenvalue weighted by Crippen LogP contribution is 2.17. The van der Waals surface area contributed by atoms with Crippen molar-refractivity contribution < 1.29 is 9.90 Å². The van der Waals surface area contributed by atoms with Gasteiger partial charge in [-0.25, -0.2) is 0 Å². The third kappa shape index (κ3) is 4.62. The summed E-state index contributed by atoms with van der Waals surface area (Å²) in [6.07, 6.45) is 4.56. The first-order chi connectivity index (χ1) is 7.24. The van der Waals surface area contributed by atoms with Crippen LogP contribution in [0.4, 0.5) is 0 Å². The molecule has 0 unspecified atom stereocenters. The van der Waals surface area contributed by atoms with Gasteiger partial charge in [0.15, 0.2) is 0 Å². The van der Waals surface area contributed by atoms with Crippen LogP contribution in [0.5, 0.6) is 0 Å². The molecule has 0 aromatic heterocycles. The fraction of sp³-hybridized carbons (Fsp3) is 0.909. The molecule has 0 bridgehead atoms. The minimum atomic E-state index is -0.353. The van der Waals surface area contributed by atoms with Gasteiger partial charge in [0.2, 0.25) is 5.91 Å². The first-order valence-corrected chi connectivity index (χ1v) is 5.92. The van der Waals surface area contributed by atoms with Crippen molar-refractivity contribution in [1.82, 2.24) is 10.6 Å². The molecule has 1 aliphatic rings. The van der Waals surface area contributed by atoms with Crippen molar-refractivity contribution in [2.75, 3.05) is 13.1 Å². The first-order valence-electron chi connectivity index (χ1n) is 5.92. The molecule has 15 heavy (non-hydrogen) atoms. The van der Waals surface area contributed by atoms with Crippen LogP contribution in [0, 0.1) is 0 Å². The summed E-state index contributed by atoms with van der Waals surface area (Å²) in [7, 11) is 0. The molecule has 1 rings (SSSR count). The fourth-order valence-corrected chi connectivity index (χ4v) is 1.92. The van der Waals surface area contributed by atoms with Crippen LogP contribution in [0.15, 0.2) is 0 Å². The van der Waals surface area contributed by atoms with Crippen LogP contribution >= 0.6 is 0 Å². The Kier molecular flexibility index (Phi) is 5.65. The van der Waals surface area contributed by atoms with Crippen LogP contribution in [-0.2, 0) is 4.79 Å². The molecule has 4 nitrogen and oxygen atoms in total. The number of hydrogen-bond acceptors (Lipinski definition) is 3. The van der Waals surface area contributed by atoms with Crippen molar-refractivity contribution in [3.05, 3.63) is 0 Å². The molecule has 4 heteroatoms. The van der Waals surface area contributed by atoms with Crippen molar-refractivity contribution in [3.63, 3.8) is 0 Å². The minimum absolute atomic E-state index is 0.00519. The maximum atomic E-state index is 11.4. The topological polar surface area (TPSA) is 61.4 Å². The van der Waals surface area contributed by atoms with Gasteiger partial charge in [-0.15, -0.1) is 0 Å². The number of carbonyl (C=O) groups is 1. The summed E-state index contributed by atoms with van der Waals surface area (Å²) in [5.41, 5.74) is 0. The lowest BCUT2D eigenvalue weighted by Gasteiger charge is -2.28. The van der Waals surface area contributed by atoms with Crippen LogP contribution in [0.25, 0.3) is 0 Å². The Labute approximate surface area is 91.4 Å². The summed E-state index contributed by atoms with van der Waals surface area (Å²) < 4.78 is 0. The van der Waals surface area contributed by atoms with Crippen LogP contribution in [0.1, 0.15) is 39.0 Å². The first kappa shape index (κ1) is 12.5. The summed E-state index contributed by atoms with van der Waals surface area (Å²) in [5, 5.41) is 15.6. The van der Waals surface area contributed by atoms with E-state index in [0.717, 1.165) is 38.6 Å². The molecule has 1 fully saturated rings. The van der Waals surface area contributed by atoms with Crippen molar-refractivity contribution in [2.45, 2.75) is 51.2 Å².